The largest absolute Gasteiger partial charge is 0.524 e. The summed E-state index contributed by atoms with van der Waals surface area (Å²) < 4.78 is 87.8. The highest BCUT2D eigenvalue weighted by atomic mass is 32.3. The summed E-state index contributed by atoms with van der Waals surface area (Å²) in [5.74, 6) is -0.878. The number of hydrogen-bond donors (Lipinski definition) is 0. The molecular weight excluding hydrogens is 496 g/mol. The van der Waals surface area contributed by atoms with Crippen molar-refractivity contribution in [3.8, 4) is 0 Å². The van der Waals surface area contributed by atoms with Crippen LogP contribution in [0.15, 0.2) is 91.0 Å². The summed E-state index contributed by atoms with van der Waals surface area (Å²) in [7, 11) is -13.7. The molecular formula is C22H21F3O5PS2+. The smallest absolute Gasteiger partial charge is 0.198 e. The minimum atomic E-state index is -6.26. The average molecular weight is 518 g/mol. The molecule has 0 N–H and O–H groups in total. The third-order valence-electron chi connectivity index (χ3n) is 4.96. The van der Waals surface area contributed by atoms with Crippen LogP contribution in [-0.4, -0.2) is 34.3 Å². The summed E-state index contributed by atoms with van der Waals surface area (Å²) in [4.78, 5) is 0. The second-order valence-corrected chi connectivity index (χ2v) is 14.2. The highest BCUT2D eigenvalue weighted by Crippen LogP contribution is 2.55. The molecule has 0 saturated carbocycles. The molecule has 0 spiro atoms. The maximum Gasteiger partial charge on any atom is 0.524 e. The van der Waals surface area contributed by atoms with Gasteiger partial charge in [0.15, 0.2) is 0 Å². The maximum absolute atomic E-state index is 12.6. The Morgan fingerprint density at radius 1 is 0.667 bits per heavy atom. The van der Waals surface area contributed by atoms with Crippen molar-refractivity contribution in [3.05, 3.63) is 91.0 Å². The lowest BCUT2D eigenvalue weighted by molar-refractivity contribution is -0.0498. The SMILES string of the molecule is O=S(=O)(CCC[P+](c1ccccc1)(c1ccccc1)c1ccccc1)OS(=O)(=O)C(F)(F)F. The maximum atomic E-state index is 12.6. The molecule has 11 heteroatoms. The normalized spacial score (nSPS) is 13.1. The predicted octanol–water partition coefficient (Wildman–Crippen LogP) is 3.57. The lowest BCUT2D eigenvalue weighted by Crippen LogP contribution is -2.34. The Morgan fingerprint density at radius 3 is 1.36 bits per heavy atom. The van der Waals surface area contributed by atoms with E-state index in [-0.39, 0.29) is 12.6 Å². The number of rotatable bonds is 9. The van der Waals surface area contributed by atoms with E-state index in [4.69, 9.17) is 0 Å². The van der Waals surface area contributed by atoms with E-state index in [2.05, 4.69) is 3.63 Å². The van der Waals surface area contributed by atoms with Gasteiger partial charge in [0, 0.05) is 0 Å². The fourth-order valence-corrected chi connectivity index (χ4v) is 10.3. The first-order valence-electron chi connectivity index (χ1n) is 9.78. The Labute approximate surface area is 191 Å². The van der Waals surface area contributed by atoms with Crippen molar-refractivity contribution >= 4 is 43.4 Å². The van der Waals surface area contributed by atoms with E-state index < -0.39 is 38.8 Å². The average Bonchev–Trinajstić information content (AvgIpc) is 2.77. The van der Waals surface area contributed by atoms with Gasteiger partial charge in [-0.1, -0.05) is 54.6 Å². The molecule has 0 bridgehead atoms. The molecule has 3 rings (SSSR count). The molecule has 3 aromatic carbocycles. The fraction of sp³-hybridized carbons (Fsp3) is 0.182. The second-order valence-electron chi connectivity index (χ2n) is 7.12. The van der Waals surface area contributed by atoms with Crippen LogP contribution in [0.5, 0.6) is 0 Å². The first kappa shape index (κ1) is 25.4. The minimum Gasteiger partial charge on any atom is -0.198 e. The van der Waals surface area contributed by atoms with Gasteiger partial charge in [0.2, 0.25) is 0 Å². The summed E-state index contributed by atoms with van der Waals surface area (Å²) in [6.07, 6.45) is 0.169. The molecule has 0 fully saturated rings. The van der Waals surface area contributed by atoms with Gasteiger partial charge < -0.3 is 0 Å². The van der Waals surface area contributed by atoms with Gasteiger partial charge in [0.05, 0.1) is 11.9 Å². The van der Waals surface area contributed by atoms with Crippen LogP contribution in [0.2, 0.25) is 0 Å². The number of halogens is 3. The van der Waals surface area contributed by atoms with E-state index in [9.17, 15) is 30.0 Å². The van der Waals surface area contributed by atoms with Crippen LogP contribution < -0.4 is 15.9 Å². The molecule has 0 aliphatic heterocycles. The summed E-state index contributed by atoms with van der Waals surface area (Å²) >= 11 is 0. The van der Waals surface area contributed by atoms with E-state index in [1.807, 2.05) is 91.0 Å². The standard InChI is InChI=1S/C22H21F3O5PS2/c23-22(24,25)33(28,29)30-32(26,27)18-10-17-31(19-11-4-1-5-12-19,20-13-6-2-7-14-20)21-15-8-3-9-16-21/h1-9,11-16H,10,17-18H2/q+1. The Balaban J connectivity index is 2.00. The van der Waals surface area contributed by atoms with Crippen LogP contribution in [0.3, 0.4) is 0 Å². The zero-order valence-electron chi connectivity index (χ0n) is 17.2. The van der Waals surface area contributed by atoms with E-state index in [0.29, 0.717) is 0 Å². The first-order chi connectivity index (χ1) is 15.5. The van der Waals surface area contributed by atoms with Crippen LogP contribution >= 0.6 is 7.26 Å². The molecule has 5 nitrogen and oxygen atoms in total. The van der Waals surface area contributed by atoms with Crippen molar-refractivity contribution in [2.45, 2.75) is 11.9 Å². The Bertz CT molecular complexity index is 1170. The predicted molar refractivity (Wildman–Crippen MR) is 124 cm³/mol. The Kier molecular flexibility index (Phi) is 7.63. The molecule has 0 aromatic heterocycles. The molecule has 0 aliphatic carbocycles. The molecule has 0 heterocycles. The third kappa shape index (κ3) is 5.81. The van der Waals surface area contributed by atoms with Crippen LogP contribution in [-0.2, 0) is 23.9 Å². The third-order valence-corrected chi connectivity index (χ3v) is 12.4. The monoisotopic (exact) mass is 517 g/mol. The van der Waals surface area contributed by atoms with E-state index in [1.54, 1.807) is 0 Å². The van der Waals surface area contributed by atoms with Crippen LogP contribution in [0, 0.1) is 0 Å². The van der Waals surface area contributed by atoms with Crippen LogP contribution in [0.25, 0.3) is 0 Å². The molecule has 0 amide bonds. The number of hydrogen-bond acceptors (Lipinski definition) is 5. The zero-order valence-corrected chi connectivity index (χ0v) is 19.7. The van der Waals surface area contributed by atoms with Crippen LogP contribution in [0.1, 0.15) is 6.42 Å². The van der Waals surface area contributed by atoms with Gasteiger partial charge in [0.25, 0.3) is 10.1 Å². The van der Waals surface area contributed by atoms with Crippen molar-refractivity contribution in [2.24, 2.45) is 0 Å². The molecule has 0 atom stereocenters. The van der Waals surface area contributed by atoms with E-state index >= 15 is 0 Å². The molecule has 3 aromatic rings. The summed E-state index contributed by atoms with van der Waals surface area (Å²) in [6, 6.07) is 28.4. The van der Waals surface area contributed by atoms with Gasteiger partial charge >= 0.3 is 15.6 Å². The molecule has 176 valence electrons. The summed E-state index contributed by atoms with van der Waals surface area (Å²) in [5, 5.41) is 2.89. The fourth-order valence-electron chi connectivity index (χ4n) is 3.57. The van der Waals surface area contributed by atoms with Gasteiger partial charge in [-0.25, -0.2) is 0 Å². The Hall–Kier alpha value is -2.26. The van der Waals surface area contributed by atoms with Gasteiger partial charge in [-0.3, -0.25) is 0 Å². The Morgan fingerprint density at radius 2 is 1.03 bits per heavy atom. The molecule has 0 aliphatic rings. The van der Waals surface area contributed by atoms with Crippen molar-refractivity contribution in [3.63, 3.8) is 0 Å². The first-order valence-corrected chi connectivity index (χ1v) is 14.7. The second kappa shape index (κ2) is 9.93. The van der Waals surface area contributed by atoms with Crippen molar-refractivity contribution in [1.82, 2.24) is 0 Å². The molecule has 33 heavy (non-hydrogen) atoms. The van der Waals surface area contributed by atoms with Gasteiger partial charge in [-0.2, -0.15) is 30.0 Å². The zero-order chi connectivity index (χ0) is 24.2. The molecule has 0 radical (unpaired) electrons. The van der Waals surface area contributed by atoms with E-state index in [0.717, 1.165) is 15.9 Å². The van der Waals surface area contributed by atoms with E-state index in [1.165, 1.54) is 0 Å². The number of alkyl halides is 3. The van der Waals surface area contributed by atoms with Crippen molar-refractivity contribution < 1.29 is 33.6 Å². The van der Waals surface area contributed by atoms with Gasteiger partial charge in [0.1, 0.15) is 23.2 Å². The number of benzene rings is 3. The topological polar surface area (TPSA) is 77.5 Å². The lowest BCUT2D eigenvalue weighted by Gasteiger charge is -2.27. The highest BCUT2D eigenvalue weighted by Gasteiger charge is 2.50. The minimum absolute atomic E-state index is 0.109. The van der Waals surface area contributed by atoms with Gasteiger partial charge in [-0.15, -0.1) is 3.63 Å². The summed E-state index contributed by atoms with van der Waals surface area (Å²) in [6.45, 7) is 0. The summed E-state index contributed by atoms with van der Waals surface area (Å²) in [5.41, 5.74) is -5.82. The lowest BCUT2D eigenvalue weighted by atomic mass is 10.4. The van der Waals surface area contributed by atoms with Crippen molar-refractivity contribution in [1.29, 1.82) is 0 Å². The van der Waals surface area contributed by atoms with Gasteiger partial charge in [-0.05, 0) is 42.8 Å². The molecule has 0 saturated heterocycles. The van der Waals surface area contributed by atoms with Crippen molar-refractivity contribution in [2.75, 3.05) is 11.9 Å². The quantitative estimate of drug-likeness (QED) is 0.321. The highest BCUT2D eigenvalue weighted by molar-refractivity contribution is 8.00. The molecule has 0 unspecified atom stereocenters. The van der Waals surface area contributed by atoms with Crippen LogP contribution in [0.4, 0.5) is 13.2 Å².